The van der Waals surface area contributed by atoms with E-state index in [1.807, 2.05) is 11.3 Å². The molecule has 3 heterocycles. The molecule has 3 heteroatoms. The van der Waals surface area contributed by atoms with Crippen molar-refractivity contribution in [2.45, 2.75) is 117 Å². The highest BCUT2D eigenvalue weighted by molar-refractivity contribution is 7.33. The Labute approximate surface area is 287 Å². The minimum Gasteiger partial charge on any atom is -0.310 e. The summed E-state index contributed by atoms with van der Waals surface area (Å²) in [7, 11) is 0. The highest BCUT2D eigenvalue weighted by Gasteiger charge is 2.50. The third-order valence-electron chi connectivity index (χ3n) is 11.8. The molecule has 8 rings (SSSR count). The van der Waals surface area contributed by atoms with Crippen LogP contribution in [0.5, 0.6) is 0 Å². The standard InChI is InChI=1S/C44H50BNS/c1-40(2,3)26-16-19-28(20-17-26)46-35-15-13-14-30-37(35)45(39-38(46)29-22-27(41(4,5)6)18-21-36(29)47-39)34-24-32-31(23-33(34)44(30,11)12)42(7,8)25-43(32,9)10/h13-24H,25H2,1-12H3. The summed E-state index contributed by atoms with van der Waals surface area (Å²) in [6.45, 7) is 28.9. The highest BCUT2D eigenvalue weighted by atomic mass is 32.1. The molecule has 1 nitrogen and oxygen atoms in total. The monoisotopic (exact) mass is 635 g/mol. The van der Waals surface area contributed by atoms with Gasteiger partial charge in [-0.3, -0.25) is 0 Å². The molecule has 47 heavy (non-hydrogen) atoms. The van der Waals surface area contributed by atoms with Crippen molar-refractivity contribution in [2.75, 3.05) is 4.90 Å². The zero-order valence-electron chi connectivity index (χ0n) is 30.6. The number of benzene rings is 4. The average molecular weight is 636 g/mol. The normalized spacial score (nSPS) is 18.6. The van der Waals surface area contributed by atoms with Gasteiger partial charge in [0.25, 0.3) is 6.71 Å². The van der Waals surface area contributed by atoms with Crippen molar-refractivity contribution in [1.82, 2.24) is 0 Å². The second-order valence-electron chi connectivity index (χ2n) is 18.6. The molecule has 0 radical (unpaired) electrons. The van der Waals surface area contributed by atoms with Crippen LogP contribution in [-0.4, -0.2) is 6.71 Å². The predicted octanol–water partition coefficient (Wildman–Crippen LogP) is 10.4. The van der Waals surface area contributed by atoms with Crippen molar-refractivity contribution in [1.29, 1.82) is 0 Å². The van der Waals surface area contributed by atoms with Crippen LogP contribution in [0.1, 0.15) is 123 Å². The molecule has 2 aliphatic heterocycles. The summed E-state index contributed by atoms with van der Waals surface area (Å²) in [6.07, 6.45) is 1.18. The Morgan fingerprint density at radius 1 is 0.660 bits per heavy atom. The number of fused-ring (bicyclic) bond motifs is 7. The minimum atomic E-state index is -0.107. The van der Waals surface area contributed by atoms with E-state index in [-0.39, 0.29) is 33.8 Å². The zero-order valence-corrected chi connectivity index (χ0v) is 31.4. The first-order valence-corrected chi connectivity index (χ1v) is 18.4. The zero-order chi connectivity index (χ0) is 33.6. The molecule has 0 unspecified atom stereocenters. The lowest BCUT2D eigenvalue weighted by molar-refractivity contribution is 0.403. The predicted molar refractivity (Wildman–Crippen MR) is 208 cm³/mol. The summed E-state index contributed by atoms with van der Waals surface area (Å²) in [4.78, 5) is 2.61. The number of hydrogen-bond acceptors (Lipinski definition) is 2. The maximum atomic E-state index is 2.66. The van der Waals surface area contributed by atoms with Crippen LogP contribution in [0.15, 0.2) is 72.8 Å². The Kier molecular flexibility index (Phi) is 6.23. The van der Waals surface area contributed by atoms with Crippen LogP contribution < -0.4 is 20.6 Å². The molecular formula is C44H50BNS. The molecule has 0 saturated heterocycles. The van der Waals surface area contributed by atoms with Crippen molar-refractivity contribution in [3.05, 3.63) is 106 Å². The van der Waals surface area contributed by atoms with Crippen molar-refractivity contribution in [3.63, 3.8) is 0 Å². The Bertz CT molecular complexity index is 2110. The van der Waals surface area contributed by atoms with Crippen LogP contribution in [0, 0.1) is 0 Å². The molecule has 0 spiro atoms. The number of nitrogens with zero attached hydrogens (tertiary/aromatic N) is 1. The Morgan fingerprint density at radius 2 is 1.28 bits per heavy atom. The summed E-state index contributed by atoms with van der Waals surface area (Å²) < 4.78 is 2.86. The molecule has 1 aromatic heterocycles. The lowest BCUT2D eigenvalue weighted by atomic mass is 9.32. The first-order chi connectivity index (χ1) is 21.8. The summed E-state index contributed by atoms with van der Waals surface area (Å²) >= 11 is 2.02. The number of rotatable bonds is 1. The van der Waals surface area contributed by atoms with Crippen LogP contribution in [0.4, 0.5) is 17.1 Å². The van der Waals surface area contributed by atoms with Gasteiger partial charge in [0.05, 0.1) is 5.69 Å². The van der Waals surface area contributed by atoms with Gasteiger partial charge in [0.2, 0.25) is 0 Å². The smallest absolute Gasteiger partial charge is 0.260 e. The Morgan fingerprint density at radius 3 is 1.91 bits per heavy atom. The molecule has 3 aliphatic rings. The molecule has 0 amide bonds. The second-order valence-corrected chi connectivity index (χ2v) is 19.7. The van der Waals surface area contributed by atoms with E-state index in [9.17, 15) is 0 Å². The van der Waals surface area contributed by atoms with E-state index in [2.05, 4.69) is 161 Å². The van der Waals surface area contributed by atoms with Crippen LogP contribution in [0.25, 0.3) is 10.1 Å². The SMILES string of the molecule is CC(C)(C)c1ccc(N2c3cccc4c3B(c3cc5c(cc3C4(C)C)C(C)(C)CC5(C)C)c3sc4ccc(C(C)(C)C)cc4c32)cc1. The van der Waals surface area contributed by atoms with Crippen molar-refractivity contribution >= 4 is 60.9 Å². The molecule has 240 valence electrons. The van der Waals surface area contributed by atoms with Gasteiger partial charge in [0.1, 0.15) is 0 Å². The Hall–Kier alpha value is -3.30. The number of anilines is 3. The van der Waals surface area contributed by atoms with Crippen LogP contribution in [0.3, 0.4) is 0 Å². The first-order valence-electron chi connectivity index (χ1n) is 17.6. The van der Waals surface area contributed by atoms with Gasteiger partial charge >= 0.3 is 0 Å². The van der Waals surface area contributed by atoms with Gasteiger partial charge in [-0.25, -0.2) is 0 Å². The van der Waals surface area contributed by atoms with E-state index in [0.29, 0.717) is 0 Å². The number of thiophene rings is 1. The van der Waals surface area contributed by atoms with E-state index >= 15 is 0 Å². The van der Waals surface area contributed by atoms with Gasteiger partial charge in [-0.05, 0) is 97.3 Å². The van der Waals surface area contributed by atoms with Gasteiger partial charge in [-0.2, -0.15) is 0 Å². The second kappa shape index (κ2) is 9.44. The van der Waals surface area contributed by atoms with Crippen LogP contribution >= 0.6 is 11.3 Å². The molecule has 0 bridgehead atoms. The van der Waals surface area contributed by atoms with E-state index < -0.39 is 0 Å². The maximum absolute atomic E-state index is 2.66. The van der Waals surface area contributed by atoms with Gasteiger partial charge in [-0.15, -0.1) is 11.3 Å². The molecule has 4 aromatic carbocycles. The topological polar surface area (TPSA) is 3.24 Å². The third-order valence-corrected chi connectivity index (χ3v) is 13.1. The van der Waals surface area contributed by atoms with Crippen molar-refractivity contribution < 1.29 is 0 Å². The maximum Gasteiger partial charge on any atom is 0.260 e. The molecule has 0 fully saturated rings. The van der Waals surface area contributed by atoms with Gasteiger partial charge < -0.3 is 4.90 Å². The number of hydrogen-bond donors (Lipinski definition) is 0. The quantitative estimate of drug-likeness (QED) is 0.163. The van der Waals surface area contributed by atoms with Crippen LogP contribution in [-0.2, 0) is 27.1 Å². The molecule has 0 saturated carbocycles. The lowest BCUT2D eigenvalue weighted by Gasteiger charge is -2.45. The average Bonchev–Trinajstić information content (AvgIpc) is 3.43. The van der Waals surface area contributed by atoms with E-state index in [0.717, 1.165) is 0 Å². The van der Waals surface area contributed by atoms with Gasteiger partial charge in [0.15, 0.2) is 0 Å². The highest BCUT2D eigenvalue weighted by Crippen LogP contribution is 2.52. The summed E-state index contributed by atoms with van der Waals surface area (Å²) in [6, 6.07) is 29.1. The first kappa shape index (κ1) is 31.0. The molecule has 0 N–H and O–H groups in total. The van der Waals surface area contributed by atoms with E-state index in [1.165, 1.54) is 71.5 Å². The molecule has 5 aromatic rings. The fourth-order valence-corrected chi connectivity index (χ4v) is 10.8. The minimum absolute atomic E-state index is 0.0718. The fourth-order valence-electron chi connectivity index (χ4n) is 9.48. The molecular weight excluding hydrogens is 585 g/mol. The van der Waals surface area contributed by atoms with Crippen LogP contribution in [0.2, 0.25) is 0 Å². The van der Waals surface area contributed by atoms with Gasteiger partial charge in [0, 0.05) is 31.7 Å². The van der Waals surface area contributed by atoms with E-state index in [1.54, 1.807) is 11.1 Å². The fraction of sp³-hybridized carbons (Fsp3) is 0.409. The summed E-state index contributed by atoms with van der Waals surface area (Å²) in [5, 5.41) is 1.38. The van der Waals surface area contributed by atoms with Crippen molar-refractivity contribution in [3.8, 4) is 0 Å². The Balaban J connectivity index is 1.47. The van der Waals surface area contributed by atoms with E-state index in [4.69, 9.17) is 0 Å². The summed E-state index contributed by atoms with van der Waals surface area (Å²) in [5.41, 5.74) is 16.2. The summed E-state index contributed by atoms with van der Waals surface area (Å²) in [5.74, 6) is 0. The molecule has 1 aliphatic carbocycles. The lowest BCUT2D eigenvalue weighted by Crippen LogP contribution is -2.63. The van der Waals surface area contributed by atoms with Crippen molar-refractivity contribution in [2.24, 2.45) is 0 Å². The third kappa shape index (κ3) is 4.34. The largest absolute Gasteiger partial charge is 0.310 e. The van der Waals surface area contributed by atoms with Gasteiger partial charge in [-0.1, -0.05) is 131 Å². The molecule has 0 atom stereocenters.